The van der Waals surface area contributed by atoms with E-state index in [1.54, 1.807) is 6.92 Å². The molecule has 0 unspecified atom stereocenters. The first-order valence-electron chi connectivity index (χ1n) is 10.4. The number of allylic oxidation sites excluding steroid dienone is 2. The number of hydrogen-bond acceptors (Lipinski definition) is 3. The Labute approximate surface area is 170 Å². The lowest BCUT2D eigenvalue weighted by Gasteiger charge is -2.30. The van der Waals surface area contributed by atoms with Gasteiger partial charge in [-0.05, 0) is 62.6 Å². The van der Waals surface area contributed by atoms with Gasteiger partial charge in [0, 0.05) is 5.41 Å². The van der Waals surface area contributed by atoms with Crippen LogP contribution in [-0.4, -0.2) is 11.8 Å². The Morgan fingerprint density at radius 2 is 1.54 bits per heavy atom. The maximum Gasteiger partial charge on any atom is 0.311 e. The summed E-state index contributed by atoms with van der Waals surface area (Å²) in [6.07, 6.45) is 4.38. The van der Waals surface area contributed by atoms with Crippen molar-refractivity contribution in [3.63, 3.8) is 0 Å². The number of ether oxygens (including phenoxy) is 1. The molecule has 28 heavy (non-hydrogen) atoms. The van der Waals surface area contributed by atoms with Gasteiger partial charge in [-0.25, -0.2) is 0 Å². The van der Waals surface area contributed by atoms with Gasteiger partial charge in [0.2, 0.25) is 0 Å². The third-order valence-corrected chi connectivity index (χ3v) is 5.65. The molecule has 3 nitrogen and oxygen atoms in total. The molecule has 0 aromatic heterocycles. The lowest BCUT2D eigenvalue weighted by molar-refractivity contribution is -0.143. The molecule has 2 rings (SSSR count). The second-order valence-corrected chi connectivity index (χ2v) is 10.0. The molecule has 1 aliphatic rings. The Kier molecular flexibility index (Phi) is 6.58. The first-order valence-corrected chi connectivity index (χ1v) is 10.4. The summed E-state index contributed by atoms with van der Waals surface area (Å²) >= 11 is 0. The Morgan fingerprint density at radius 1 is 1.04 bits per heavy atom. The zero-order valence-electron chi connectivity index (χ0n) is 18.9. The molecule has 1 aromatic carbocycles. The van der Waals surface area contributed by atoms with E-state index in [1.807, 2.05) is 34.6 Å². The predicted molar refractivity (Wildman–Crippen MR) is 115 cm³/mol. The van der Waals surface area contributed by atoms with Crippen molar-refractivity contribution in [3.8, 4) is 0 Å². The molecule has 0 bridgehead atoms. The first kappa shape index (κ1) is 22.4. The Morgan fingerprint density at radius 3 is 1.96 bits per heavy atom. The highest BCUT2D eigenvalue weighted by molar-refractivity contribution is 6.21. The lowest BCUT2D eigenvalue weighted by Crippen LogP contribution is -2.25. The molecule has 0 amide bonds. The summed E-state index contributed by atoms with van der Waals surface area (Å²) in [7, 11) is 0. The van der Waals surface area contributed by atoms with E-state index in [9.17, 15) is 9.59 Å². The van der Waals surface area contributed by atoms with Gasteiger partial charge in [0.1, 0.15) is 5.76 Å². The van der Waals surface area contributed by atoms with E-state index >= 15 is 0 Å². The largest absolute Gasteiger partial charge is 0.430 e. The Balaban J connectivity index is 2.70. The number of esters is 1. The maximum absolute atomic E-state index is 12.9. The van der Waals surface area contributed by atoms with Crippen LogP contribution >= 0.6 is 0 Å². The van der Waals surface area contributed by atoms with Crippen molar-refractivity contribution in [2.45, 2.75) is 87.5 Å². The fourth-order valence-corrected chi connectivity index (χ4v) is 4.47. The van der Waals surface area contributed by atoms with Crippen LogP contribution in [-0.2, 0) is 14.3 Å². The topological polar surface area (TPSA) is 43.4 Å². The van der Waals surface area contributed by atoms with Gasteiger partial charge < -0.3 is 4.74 Å². The molecule has 1 fully saturated rings. The molecule has 3 heteroatoms. The number of carbonyl (C=O) groups excluding carboxylic acids is 2. The van der Waals surface area contributed by atoms with Crippen LogP contribution in [0.2, 0.25) is 0 Å². The van der Waals surface area contributed by atoms with E-state index in [1.165, 1.54) is 5.56 Å². The number of aryl methyl sites for hydroxylation is 3. The summed E-state index contributed by atoms with van der Waals surface area (Å²) in [5.41, 5.74) is 4.33. The second-order valence-electron chi connectivity index (χ2n) is 10.0. The lowest BCUT2D eigenvalue weighted by atomic mass is 9.80. The molecular formula is C25H36O3. The van der Waals surface area contributed by atoms with Gasteiger partial charge in [0.25, 0.3) is 0 Å². The summed E-state index contributed by atoms with van der Waals surface area (Å²) in [4.78, 5) is 25.7. The molecule has 0 saturated heterocycles. The fourth-order valence-electron chi connectivity index (χ4n) is 4.47. The molecule has 0 spiro atoms. The van der Waals surface area contributed by atoms with Crippen LogP contribution in [0, 0.1) is 31.6 Å². The van der Waals surface area contributed by atoms with Gasteiger partial charge in [-0.1, -0.05) is 58.2 Å². The van der Waals surface area contributed by atoms with Crippen LogP contribution in [0.15, 0.2) is 17.9 Å². The highest BCUT2D eigenvalue weighted by atomic mass is 16.5. The monoisotopic (exact) mass is 384 g/mol. The number of ketones is 1. The molecule has 1 aromatic rings. The Hall–Kier alpha value is -1.90. The summed E-state index contributed by atoms with van der Waals surface area (Å²) < 4.78 is 6.05. The van der Waals surface area contributed by atoms with Gasteiger partial charge in [0.05, 0.1) is 12.0 Å². The third-order valence-electron chi connectivity index (χ3n) is 5.65. The molecule has 0 N–H and O–H groups in total. The average molecular weight is 385 g/mol. The van der Waals surface area contributed by atoms with Crippen molar-refractivity contribution < 1.29 is 14.3 Å². The minimum Gasteiger partial charge on any atom is -0.430 e. The van der Waals surface area contributed by atoms with Crippen molar-refractivity contribution in [1.82, 2.24) is 0 Å². The van der Waals surface area contributed by atoms with Crippen LogP contribution in [0.25, 0.3) is 5.57 Å². The minimum atomic E-state index is -0.279. The van der Waals surface area contributed by atoms with E-state index in [0.717, 1.165) is 42.4 Å². The van der Waals surface area contributed by atoms with Crippen LogP contribution in [0.4, 0.5) is 0 Å². The van der Waals surface area contributed by atoms with E-state index in [-0.39, 0.29) is 22.6 Å². The molecule has 1 saturated carbocycles. The van der Waals surface area contributed by atoms with E-state index in [0.29, 0.717) is 17.8 Å². The smallest absolute Gasteiger partial charge is 0.311 e. The molecule has 0 aliphatic heterocycles. The summed E-state index contributed by atoms with van der Waals surface area (Å²) in [6, 6.07) is 4.19. The zero-order valence-corrected chi connectivity index (χ0v) is 18.9. The van der Waals surface area contributed by atoms with E-state index in [4.69, 9.17) is 4.74 Å². The highest BCUT2D eigenvalue weighted by Gasteiger charge is 2.39. The highest BCUT2D eigenvalue weighted by Crippen LogP contribution is 2.48. The van der Waals surface area contributed by atoms with Gasteiger partial charge >= 0.3 is 5.97 Å². The predicted octanol–water partition coefficient (Wildman–Crippen LogP) is 6.47. The van der Waals surface area contributed by atoms with Gasteiger partial charge in [-0.3, -0.25) is 9.59 Å². The SMILES string of the molecule is CC(=O)/C(=C(/OC(=O)CC(C)(C)C)C1(C)CCCC1)c1c(C)cc(C)cc1C. The third kappa shape index (κ3) is 5.12. The van der Waals surface area contributed by atoms with Gasteiger partial charge in [0.15, 0.2) is 5.78 Å². The molecule has 0 heterocycles. The van der Waals surface area contributed by atoms with E-state index in [2.05, 4.69) is 26.0 Å². The Bertz CT molecular complexity index is 777. The summed E-state index contributed by atoms with van der Waals surface area (Å²) in [5, 5.41) is 0. The average Bonchev–Trinajstić information content (AvgIpc) is 2.94. The summed E-state index contributed by atoms with van der Waals surface area (Å²) in [5.74, 6) is 0.292. The number of carbonyl (C=O) groups is 2. The van der Waals surface area contributed by atoms with Crippen LogP contribution < -0.4 is 0 Å². The molecule has 154 valence electrons. The zero-order chi connectivity index (χ0) is 21.3. The maximum atomic E-state index is 12.9. The molecule has 0 atom stereocenters. The fraction of sp³-hybridized carbons (Fsp3) is 0.600. The first-order chi connectivity index (χ1) is 12.8. The quantitative estimate of drug-likeness (QED) is 0.332. The normalized spacial score (nSPS) is 17.3. The summed E-state index contributed by atoms with van der Waals surface area (Å²) in [6.45, 7) is 15.9. The van der Waals surface area contributed by atoms with Crippen molar-refractivity contribution in [1.29, 1.82) is 0 Å². The van der Waals surface area contributed by atoms with Crippen molar-refractivity contribution in [2.75, 3.05) is 0 Å². The van der Waals surface area contributed by atoms with Crippen LogP contribution in [0.1, 0.15) is 89.0 Å². The van der Waals surface area contributed by atoms with Crippen LogP contribution in [0.3, 0.4) is 0 Å². The van der Waals surface area contributed by atoms with Gasteiger partial charge in [-0.2, -0.15) is 0 Å². The minimum absolute atomic E-state index is 0.0401. The number of hydrogen-bond donors (Lipinski definition) is 0. The van der Waals surface area contributed by atoms with Gasteiger partial charge in [-0.15, -0.1) is 0 Å². The number of Topliss-reactive ketones (excluding diaryl/α,β-unsaturated/α-hetero) is 1. The van der Waals surface area contributed by atoms with Crippen molar-refractivity contribution in [2.24, 2.45) is 10.8 Å². The number of benzene rings is 1. The van der Waals surface area contributed by atoms with Crippen molar-refractivity contribution in [3.05, 3.63) is 40.1 Å². The molecular weight excluding hydrogens is 348 g/mol. The van der Waals surface area contributed by atoms with E-state index < -0.39 is 0 Å². The van der Waals surface area contributed by atoms with Crippen molar-refractivity contribution >= 4 is 17.3 Å². The van der Waals surface area contributed by atoms with Crippen LogP contribution in [0.5, 0.6) is 0 Å². The standard InChI is InChI=1S/C25H36O3/c1-16-13-17(2)21(18(3)14-16)22(19(4)26)23(25(8)11-9-10-12-25)28-20(27)15-24(5,6)7/h13-14H,9-12,15H2,1-8H3/b23-22-. The number of rotatable bonds is 5. The second kappa shape index (κ2) is 8.23. The molecule has 1 aliphatic carbocycles. The molecule has 0 radical (unpaired) electrons.